The topological polar surface area (TPSA) is 84.3 Å². The number of esters is 1. The van der Waals surface area contributed by atoms with Crippen LogP contribution in [0.1, 0.15) is 28.5 Å². The molecule has 0 amide bonds. The highest BCUT2D eigenvalue weighted by Crippen LogP contribution is 2.31. The fraction of sp³-hybridized carbons (Fsp3) is 0.174. The lowest BCUT2D eigenvalue weighted by molar-refractivity contribution is -0.274. The molecule has 0 fully saturated rings. The molecule has 6 nitrogen and oxygen atoms in total. The second kappa shape index (κ2) is 10.4. The first-order valence-corrected chi connectivity index (χ1v) is 10.2. The molecule has 0 unspecified atom stereocenters. The van der Waals surface area contributed by atoms with Gasteiger partial charge in [0.2, 0.25) is 0 Å². The number of pyridine rings is 1. The summed E-state index contributed by atoms with van der Waals surface area (Å²) in [7, 11) is 0. The summed E-state index contributed by atoms with van der Waals surface area (Å²) in [5.74, 6) is -0.986. The maximum Gasteiger partial charge on any atom is 0.573 e. The van der Waals surface area contributed by atoms with Gasteiger partial charge in [-0.25, -0.2) is 9.78 Å². The number of alkyl halides is 3. The lowest BCUT2D eigenvalue weighted by Crippen LogP contribution is -2.17. The van der Waals surface area contributed by atoms with Gasteiger partial charge in [-0.3, -0.25) is 0 Å². The second-order valence-electron chi connectivity index (χ2n) is 6.70. The number of aromatic nitrogens is 1. The number of ether oxygens (including phenoxy) is 2. The van der Waals surface area contributed by atoms with Crippen LogP contribution in [0.4, 0.5) is 13.2 Å². The van der Waals surface area contributed by atoms with E-state index in [1.807, 2.05) is 0 Å². The van der Waals surface area contributed by atoms with E-state index in [1.165, 1.54) is 30.5 Å². The van der Waals surface area contributed by atoms with E-state index in [4.69, 9.17) is 21.7 Å². The van der Waals surface area contributed by atoms with E-state index < -0.39 is 12.3 Å². The number of hydrogen-bond donors (Lipinski definition) is 2. The van der Waals surface area contributed by atoms with Crippen molar-refractivity contribution in [1.29, 1.82) is 5.41 Å². The molecule has 2 N–H and O–H groups in total. The molecular formula is C23H19ClF3N3O3. The molecule has 3 rings (SSSR count). The summed E-state index contributed by atoms with van der Waals surface area (Å²) < 4.78 is 45.8. The highest BCUT2D eigenvalue weighted by Gasteiger charge is 2.31. The number of fused-ring (bicyclic) bond motifs is 1. The van der Waals surface area contributed by atoms with Gasteiger partial charge < -0.3 is 20.2 Å². The van der Waals surface area contributed by atoms with E-state index in [0.717, 1.165) is 6.21 Å². The van der Waals surface area contributed by atoms with E-state index in [0.29, 0.717) is 16.5 Å². The molecule has 10 heteroatoms. The number of nitrogens with one attached hydrogen (secondary N) is 2. The number of rotatable bonds is 8. The lowest BCUT2D eigenvalue weighted by Gasteiger charge is -2.13. The number of carbonyl (C=O) groups is 1. The fourth-order valence-corrected chi connectivity index (χ4v) is 3.36. The van der Waals surface area contributed by atoms with E-state index in [-0.39, 0.29) is 40.8 Å². The van der Waals surface area contributed by atoms with E-state index in [1.54, 1.807) is 31.2 Å². The van der Waals surface area contributed by atoms with Crippen LogP contribution in [0, 0.1) is 5.41 Å². The molecule has 0 atom stereocenters. The SMILES string of the molecule is CCOC(=O)c1c(/C(C=N)=C/NCc2ccc(OC(F)(F)F)cc2)nc2ccccc2c1Cl. The first kappa shape index (κ1) is 24.1. The molecule has 0 spiro atoms. The van der Waals surface area contributed by atoms with Gasteiger partial charge in [-0.15, -0.1) is 13.2 Å². The minimum atomic E-state index is -4.76. The Balaban J connectivity index is 1.89. The number of nitrogens with zero attached hydrogens (tertiary/aromatic N) is 1. The van der Waals surface area contributed by atoms with Crippen LogP contribution in [0.15, 0.2) is 54.7 Å². The maximum absolute atomic E-state index is 12.6. The van der Waals surface area contributed by atoms with Crippen LogP contribution in [-0.2, 0) is 11.3 Å². The molecule has 33 heavy (non-hydrogen) atoms. The van der Waals surface area contributed by atoms with Crippen LogP contribution >= 0.6 is 11.6 Å². The fourth-order valence-electron chi connectivity index (χ4n) is 3.04. The zero-order chi connectivity index (χ0) is 24.0. The summed E-state index contributed by atoms with van der Waals surface area (Å²) in [5, 5.41) is 11.5. The lowest BCUT2D eigenvalue weighted by atomic mass is 10.0. The Kier molecular flexibility index (Phi) is 7.55. The van der Waals surface area contributed by atoms with Crippen molar-refractivity contribution in [3.8, 4) is 5.75 Å². The molecule has 172 valence electrons. The van der Waals surface area contributed by atoms with Gasteiger partial charge >= 0.3 is 12.3 Å². The first-order chi connectivity index (χ1) is 15.7. The molecule has 3 aromatic rings. The quantitative estimate of drug-likeness (QED) is 0.319. The minimum absolute atomic E-state index is 0.0439. The number of allylic oxidation sites excluding steroid dienone is 1. The van der Waals surface area contributed by atoms with Crippen LogP contribution < -0.4 is 10.1 Å². The Morgan fingerprint density at radius 2 is 1.88 bits per heavy atom. The van der Waals surface area contributed by atoms with Gasteiger partial charge in [-0.2, -0.15) is 0 Å². The van der Waals surface area contributed by atoms with Crippen molar-refractivity contribution in [3.63, 3.8) is 0 Å². The molecule has 0 aliphatic carbocycles. The Labute approximate surface area is 192 Å². The average Bonchev–Trinajstić information content (AvgIpc) is 2.77. The van der Waals surface area contributed by atoms with Crippen molar-refractivity contribution >= 4 is 40.3 Å². The van der Waals surface area contributed by atoms with Crippen LogP contribution in [0.5, 0.6) is 5.75 Å². The average molecular weight is 478 g/mol. The van der Waals surface area contributed by atoms with E-state index in [2.05, 4.69) is 15.0 Å². The standard InChI is InChI=1S/C23H19ClF3N3O3/c1-2-32-22(31)19-20(24)17-5-3-4-6-18(17)30-21(19)15(11-28)13-29-12-14-7-9-16(10-8-14)33-23(25,26)27/h3-11,13,28-29H,2,12H2,1H3/b15-13+,28-11?. The van der Waals surface area contributed by atoms with Crippen LogP contribution in [0.3, 0.4) is 0 Å². The number of benzene rings is 2. The van der Waals surface area contributed by atoms with Crippen molar-refractivity contribution in [2.24, 2.45) is 0 Å². The zero-order valence-electron chi connectivity index (χ0n) is 17.4. The van der Waals surface area contributed by atoms with Crippen molar-refractivity contribution in [1.82, 2.24) is 10.3 Å². The van der Waals surface area contributed by atoms with Gasteiger partial charge in [0.25, 0.3) is 0 Å². The van der Waals surface area contributed by atoms with Crippen LogP contribution in [0.25, 0.3) is 16.5 Å². The summed E-state index contributed by atoms with van der Waals surface area (Å²) in [6.07, 6.45) is -2.27. The predicted octanol–water partition coefficient (Wildman–Crippen LogP) is 5.74. The number of halogens is 4. The minimum Gasteiger partial charge on any atom is -0.462 e. The highest BCUT2D eigenvalue weighted by molar-refractivity contribution is 6.39. The molecule has 1 aromatic heterocycles. The predicted molar refractivity (Wildman–Crippen MR) is 119 cm³/mol. The summed E-state index contributed by atoms with van der Waals surface area (Å²) in [5.41, 5.74) is 1.69. The summed E-state index contributed by atoms with van der Waals surface area (Å²) in [4.78, 5) is 17.1. The molecular weight excluding hydrogens is 459 g/mol. The molecule has 0 aliphatic heterocycles. The van der Waals surface area contributed by atoms with Crippen molar-refractivity contribution in [2.75, 3.05) is 6.61 Å². The van der Waals surface area contributed by atoms with Gasteiger partial charge in [-0.05, 0) is 30.7 Å². The van der Waals surface area contributed by atoms with Crippen molar-refractivity contribution in [3.05, 3.63) is 76.6 Å². The Hall–Kier alpha value is -3.59. The molecule has 0 saturated heterocycles. The largest absolute Gasteiger partial charge is 0.573 e. The third-order valence-electron chi connectivity index (χ3n) is 4.46. The van der Waals surface area contributed by atoms with Gasteiger partial charge in [0.05, 0.1) is 22.8 Å². The van der Waals surface area contributed by atoms with Crippen molar-refractivity contribution in [2.45, 2.75) is 19.8 Å². The highest BCUT2D eigenvalue weighted by atomic mass is 35.5. The molecule has 0 saturated carbocycles. The monoisotopic (exact) mass is 477 g/mol. The third-order valence-corrected chi connectivity index (χ3v) is 4.85. The van der Waals surface area contributed by atoms with Crippen molar-refractivity contribution < 1.29 is 27.4 Å². The molecule has 2 aromatic carbocycles. The summed E-state index contributed by atoms with van der Waals surface area (Å²) in [6, 6.07) is 12.4. The second-order valence-corrected chi connectivity index (χ2v) is 7.08. The van der Waals surface area contributed by atoms with Gasteiger partial charge in [-0.1, -0.05) is 41.9 Å². The Bertz CT molecular complexity index is 1200. The number of para-hydroxylation sites is 1. The molecule has 0 radical (unpaired) electrons. The summed E-state index contributed by atoms with van der Waals surface area (Å²) in [6.45, 7) is 2.04. The zero-order valence-corrected chi connectivity index (χ0v) is 18.1. The number of carbonyl (C=O) groups excluding carboxylic acids is 1. The van der Waals surface area contributed by atoms with E-state index >= 15 is 0 Å². The normalized spacial score (nSPS) is 11.8. The molecule has 1 heterocycles. The van der Waals surface area contributed by atoms with Crippen LogP contribution in [-0.4, -0.2) is 30.1 Å². The summed E-state index contributed by atoms with van der Waals surface area (Å²) >= 11 is 6.51. The number of hydrogen-bond acceptors (Lipinski definition) is 6. The van der Waals surface area contributed by atoms with Crippen LogP contribution in [0.2, 0.25) is 5.02 Å². The molecule has 0 aliphatic rings. The maximum atomic E-state index is 12.6. The van der Waals surface area contributed by atoms with Gasteiger partial charge in [0, 0.05) is 29.9 Å². The Morgan fingerprint density at radius 3 is 2.52 bits per heavy atom. The van der Waals surface area contributed by atoms with Gasteiger partial charge in [0.1, 0.15) is 11.3 Å². The smallest absolute Gasteiger partial charge is 0.462 e. The van der Waals surface area contributed by atoms with Gasteiger partial charge in [0.15, 0.2) is 0 Å². The Morgan fingerprint density at radius 1 is 1.18 bits per heavy atom. The van der Waals surface area contributed by atoms with E-state index in [9.17, 15) is 18.0 Å². The third kappa shape index (κ3) is 6.01. The molecule has 0 bridgehead atoms. The first-order valence-electron chi connectivity index (χ1n) is 9.78.